The standard InChI is InChI=1S/C21H28O4.2C2H2/c1-11-8-15-14-5-4-12-9-13(22)6-7-20(12,2)18(14)16(23)10-21(15,3)17(11)19(24)25;2*1-2/h6-7,9,11,14-18,23H,4-5,8,10H2,1-3H3,(H,24,25);2*1-2H/t11-,14?,15?,16?,17?,18?,20?,21+;;/m1../s1. The van der Waals surface area contributed by atoms with Gasteiger partial charge in [0.2, 0.25) is 0 Å². The first-order valence-corrected chi connectivity index (χ1v) is 10.2. The van der Waals surface area contributed by atoms with Gasteiger partial charge >= 0.3 is 5.97 Å². The highest BCUT2D eigenvalue weighted by atomic mass is 16.4. The molecule has 29 heavy (non-hydrogen) atoms. The second-order valence-electron chi connectivity index (χ2n) is 9.33. The van der Waals surface area contributed by atoms with Crippen LogP contribution in [0.5, 0.6) is 0 Å². The van der Waals surface area contributed by atoms with E-state index >= 15 is 0 Å². The highest BCUT2D eigenvalue weighted by molar-refractivity contribution is 6.01. The maximum absolute atomic E-state index is 11.9. The van der Waals surface area contributed by atoms with E-state index in [2.05, 4.69) is 46.5 Å². The minimum absolute atomic E-state index is 0.0430. The number of carboxylic acids is 1. The number of rotatable bonds is 1. The summed E-state index contributed by atoms with van der Waals surface area (Å²) in [6, 6.07) is 0. The summed E-state index contributed by atoms with van der Waals surface area (Å²) < 4.78 is 0. The van der Waals surface area contributed by atoms with Crippen LogP contribution in [0.4, 0.5) is 0 Å². The lowest BCUT2D eigenvalue weighted by Crippen LogP contribution is -2.56. The van der Waals surface area contributed by atoms with Crippen molar-refractivity contribution in [3.05, 3.63) is 23.8 Å². The fourth-order valence-corrected chi connectivity index (χ4v) is 7.22. The molecule has 0 amide bonds. The molecule has 0 spiro atoms. The smallest absolute Gasteiger partial charge is 0.307 e. The van der Waals surface area contributed by atoms with Crippen LogP contribution in [0, 0.1) is 66.1 Å². The lowest BCUT2D eigenvalue weighted by Gasteiger charge is -2.58. The summed E-state index contributed by atoms with van der Waals surface area (Å²) in [5, 5.41) is 20.9. The summed E-state index contributed by atoms with van der Waals surface area (Å²) >= 11 is 0. The molecule has 4 aliphatic carbocycles. The Labute approximate surface area is 174 Å². The van der Waals surface area contributed by atoms with Gasteiger partial charge in [-0.25, -0.2) is 0 Å². The number of hydrogen-bond donors (Lipinski definition) is 2. The highest BCUT2D eigenvalue weighted by Gasteiger charge is 2.64. The van der Waals surface area contributed by atoms with Crippen molar-refractivity contribution in [2.24, 2.45) is 40.4 Å². The van der Waals surface area contributed by atoms with Gasteiger partial charge in [0.15, 0.2) is 5.78 Å². The number of ketones is 1. The van der Waals surface area contributed by atoms with Gasteiger partial charge in [0.05, 0.1) is 12.0 Å². The fraction of sp³-hybridized carbons (Fsp3) is 0.600. The number of terminal acetylenes is 2. The van der Waals surface area contributed by atoms with E-state index in [0.717, 1.165) is 24.8 Å². The van der Waals surface area contributed by atoms with E-state index in [9.17, 15) is 19.8 Å². The van der Waals surface area contributed by atoms with Crippen LogP contribution in [0.2, 0.25) is 0 Å². The summed E-state index contributed by atoms with van der Waals surface area (Å²) in [6.07, 6.45) is 24.2. The number of carbonyl (C=O) groups is 2. The Bertz CT molecular complexity index is 766. The molecule has 4 nitrogen and oxygen atoms in total. The predicted molar refractivity (Wildman–Crippen MR) is 113 cm³/mol. The first-order valence-electron chi connectivity index (χ1n) is 10.2. The number of carboxylic acid groups (broad SMARTS) is 1. The van der Waals surface area contributed by atoms with Crippen LogP contribution in [-0.4, -0.2) is 28.1 Å². The van der Waals surface area contributed by atoms with Crippen molar-refractivity contribution in [2.75, 3.05) is 0 Å². The van der Waals surface area contributed by atoms with Crippen molar-refractivity contribution in [1.82, 2.24) is 0 Å². The number of aliphatic hydroxyl groups excluding tert-OH is 1. The van der Waals surface area contributed by atoms with E-state index in [1.54, 1.807) is 12.2 Å². The summed E-state index contributed by atoms with van der Waals surface area (Å²) in [6.45, 7) is 6.30. The third kappa shape index (κ3) is 3.34. The van der Waals surface area contributed by atoms with Gasteiger partial charge in [-0.2, -0.15) is 0 Å². The third-order valence-corrected chi connectivity index (χ3v) is 8.10. The zero-order chi connectivity index (χ0) is 22.1. The van der Waals surface area contributed by atoms with Crippen LogP contribution >= 0.6 is 0 Å². The maximum Gasteiger partial charge on any atom is 0.307 e. The number of hydrogen-bond acceptors (Lipinski definition) is 3. The van der Waals surface area contributed by atoms with Gasteiger partial charge in [-0.3, -0.25) is 9.59 Å². The lowest BCUT2D eigenvalue weighted by molar-refractivity contribution is -0.156. The number of fused-ring (bicyclic) bond motifs is 5. The molecule has 0 radical (unpaired) electrons. The van der Waals surface area contributed by atoms with E-state index in [0.29, 0.717) is 18.3 Å². The van der Waals surface area contributed by atoms with Crippen LogP contribution in [0.15, 0.2) is 23.8 Å². The normalized spacial score (nSPS) is 44.4. The lowest BCUT2D eigenvalue weighted by atomic mass is 9.47. The first-order chi connectivity index (χ1) is 13.7. The molecular weight excluding hydrogens is 364 g/mol. The average molecular weight is 397 g/mol. The van der Waals surface area contributed by atoms with Crippen LogP contribution in [0.3, 0.4) is 0 Å². The second kappa shape index (κ2) is 8.21. The molecule has 0 saturated heterocycles. The third-order valence-electron chi connectivity index (χ3n) is 8.10. The second-order valence-corrected chi connectivity index (χ2v) is 9.33. The monoisotopic (exact) mass is 396 g/mol. The van der Waals surface area contributed by atoms with Gasteiger partial charge in [-0.15, -0.1) is 25.7 Å². The predicted octanol–water partition coefficient (Wildman–Crippen LogP) is 3.71. The number of carbonyl (C=O) groups excluding carboxylic acids is 1. The Balaban J connectivity index is 0.000000707. The largest absolute Gasteiger partial charge is 0.481 e. The van der Waals surface area contributed by atoms with Gasteiger partial charge in [0, 0.05) is 11.3 Å². The van der Waals surface area contributed by atoms with Crippen molar-refractivity contribution in [3.63, 3.8) is 0 Å². The Morgan fingerprint density at radius 3 is 2.41 bits per heavy atom. The van der Waals surface area contributed by atoms with E-state index in [-0.39, 0.29) is 34.4 Å². The van der Waals surface area contributed by atoms with Crippen molar-refractivity contribution < 1.29 is 19.8 Å². The van der Waals surface area contributed by atoms with Gasteiger partial charge in [0.25, 0.3) is 0 Å². The van der Waals surface area contributed by atoms with Crippen LogP contribution < -0.4 is 0 Å². The van der Waals surface area contributed by atoms with Gasteiger partial charge in [-0.1, -0.05) is 32.4 Å². The van der Waals surface area contributed by atoms with E-state index < -0.39 is 12.1 Å². The zero-order valence-electron chi connectivity index (χ0n) is 17.5. The van der Waals surface area contributed by atoms with E-state index in [1.165, 1.54) is 0 Å². The topological polar surface area (TPSA) is 74.6 Å². The number of allylic oxidation sites excluding steroid dienone is 4. The van der Waals surface area contributed by atoms with Gasteiger partial charge in [0.1, 0.15) is 0 Å². The fourth-order valence-electron chi connectivity index (χ4n) is 7.22. The molecule has 3 fully saturated rings. The summed E-state index contributed by atoms with van der Waals surface area (Å²) in [7, 11) is 0. The molecule has 4 aliphatic rings. The summed E-state index contributed by atoms with van der Waals surface area (Å²) in [4.78, 5) is 23.7. The van der Waals surface area contributed by atoms with E-state index in [4.69, 9.17) is 0 Å². The molecule has 8 atom stereocenters. The molecule has 4 rings (SSSR count). The molecule has 0 aromatic carbocycles. The Morgan fingerprint density at radius 2 is 1.83 bits per heavy atom. The molecule has 4 heteroatoms. The molecule has 0 aliphatic heterocycles. The van der Waals surface area contributed by atoms with Crippen molar-refractivity contribution in [2.45, 2.75) is 52.6 Å². The first kappa shape index (κ1) is 23.0. The Morgan fingerprint density at radius 1 is 1.21 bits per heavy atom. The summed E-state index contributed by atoms with van der Waals surface area (Å²) in [5.41, 5.74) is 0.532. The maximum atomic E-state index is 11.9. The zero-order valence-corrected chi connectivity index (χ0v) is 17.5. The van der Waals surface area contributed by atoms with Crippen LogP contribution in [-0.2, 0) is 9.59 Å². The molecule has 3 saturated carbocycles. The molecular formula is C25H32O4. The van der Waals surface area contributed by atoms with Crippen molar-refractivity contribution in [3.8, 4) is 25.7 Å². The molecule has 0 aromatic rings. The summed E-state index contributed by atoms with van der Waals surface area (Å²) in [5.74, 6) is -0.167. The average Bonchev–Trinajstić information content (AvgIpc) is 2.95. The Hall–Kier alpha value is -2.30. The molecule has 0 aromatic heterocycles. The minimum atomic E-state index is -0.714. The molecule has 0 heterocycles. The van der Waals surface area contributed by atoms with Crippen LogP contribution in [0.25, 0.3) is 0 Å². The van der Waals surface area contributed by atoms with Gasteiger partial charge < -0.3 is 10.2 Å². The van der Waals surface area contributed by atoms with Crippen LogP contribution in [0.1, 0.15) is 46.5 Å². The Kier molecular flexibility index (Phi) is 6.51. The number of aliphatic hydroxyl groups is 1. The molecule has 6 unspecified atom stereocenters. The quantitative estimate of drug-likeness (QED) is 0.663. The molecule has 2 N–H and O–H groups in total. The SMILES string of the molecule is C#C.C#C.C[C@@H]1CC2C3CCC4=CC(=O)C=CC4(C)C3C(O)C[C@]2(C)C1C(=O)O. The molecule has 156 valence electrons. The highest BCUT2D eigenvalue weighted by Crippen LogP contribution is 2.67. The minimum Gasteiger partial charge on any atom is -0.481 e. The van der Waals surface area contributed by atoms with Crippen molar-refractivity contribution in [1.29, 1.82) is 0 Å². The molecule has 0 bridgehead atoms. The number of aliphatic carboxylic acids is 1. The van der Waals surface area contributed by atoms with E-state index in [1.807, 2.05) is 6.08 Å². The van der Waals surface area contributed by atoms with Gasteiger partial charge in [-0.05, 0) is 61.0 Å². The van der Waals surface area contributed by atoms with Crippen molar-refractivity contribution >= 4 is 11.8 Å².